The molecule has 0 aromatic heterocycles. The predicted octanol–water partition coefficient (Wildman–Crippen LogP) is 2.68. The van der Waals surface area contributed by atoms with Crippen molar-refractivity contribution in [3.8, 4) is 0 Å². The van der Waals surface area contributed by atoms with Crippen molar-refractivity contribution in [2.24, 2.45) is 5.92 Å². The minimum absolute atomic E-state index is 0.0973. The van der Waals surface area contributed by atoms with Gasteiger partial charge in [-0.3, -0.25) is 0 Å². The first-order valence-electron chi connectivity index (χ1n) is 7.59. The number of hydrogen-bond acceptors (Lipinski definition) is 2. The number of rotatable bonds is 3. The lowest BCUT2D eigenvalue weighted by atomic mass is 9.87. The van der Waals surface area contributed by atoms with Crippen molar-refractivity contribution in [2.45, 2.75) is 43.9 Å². The molecule has 0 amide bonds. The van der Waals surface area contributed by atoms with Gasteiger partial charge in [-0.05, 0) is 47.7 Å². The molecule has 4 heteroatoms. The molecule has 0 aliphatic carbocycles. The predicted molar refractivity (Wildman–Crippen MR) is 90.1 cm³/mol. The van der Waals surface area contributed by atoms with E-state index in [-0.39, 0.29) is 12.0 Å². The van der Waals surface area contributed by atoms with Gasteiger partial charge in [0, 0.05) is 24.6 Å². The van der Waals surface area contributed by atoms with E-state index in [1.54, 1.807) is 0 Å². The van der Waals surface area contributed by atoms with Gasteiger partial charge in [0.15, 0.2) is 0 Å². The second kappa shape index (κ2) is 6.11. The smallest absolute Gasteiger partial charge is 0.0558 e. The molecule has 118 valence electrons. The molecule has 1 aromatic carbocycles. The lowest BCUT2D eigenvalue weighted by molar-refractivity contribution is 0.172. The molecule has 0 bridgehead atoms. The Morgan fingerprint density at radius 2 is 1.76 bits per heavy atom. The van der Waals surface area contributed by atoms with Crippen LogP contribution < -0.4 is 0 Å². The second-order valence-electron chi connectivity index (χ2n) is 6.97. The van der Waals surface area contributed by atoms with Crippen LogP contribution in [0.2, 0.25) is 0 Å². The van der Waals surface area contributed by atoms with Crippen LogP contribution in [0.15, 0.2) is 29.2 Å². The number of hydrogen-bond donors (Lipinski definition) is 1. The molecule has 2 rings (SSSR count). The summed E-state index contributed by atoms with van der Waals surface area (Å²) >= 11 is 0. The highest BCUT2D eigenvalue weighted by molar-refractivity contribution is 7.98. The topological polar surface area (TPSA) is 40.5 Å². The van der Waals surface area contributed by atoms with Crippen molar-refractivity contribution in [1.29, 1.82) is 0 Å². The van der Waals surface area contributed by atoms with E-state index < -0.39 is 9.71 Å². The van der Waals surface area contributed by atoms with Crippen molar-refractivity contribution in [3.63, 3.8) is 0 Å². The Morgan fingerprint density at radius 1 is 1.24 bits per heavy atom. The number of piperidine rings is 1. The number of aliphatic hydroxyl groups is 1. The van der Waals surface area contributed by atoms with Crippen LogP contribution in [0.3, 0.4) is 0 Å². The average molecular weight is 309 g/mol. The fourth-order valence-electron chi connectivity index (χ4n) is 2.70. The first-order valence-corrected chi connectivity index (χ1v) is 9.27. The van der Waals surface area contributed by atoms with Gasteiger partial charge in [0.25, 0.3) is 0 Å². The Balaban J connectivity index is 2.17. The van der Waals surface area contributed by atoms with Crippen LogP contribution in [0.1, 0.15) is 39.2 Å². The van der Waals surface area contributed by atoms with Crippen LogP contribution in [0.25, 0.3) is 0 Å². The molecule has 1 atom stereocenters. The average Bonchev–Trinajstić information content (AvgIpc) is 2.46. The summed E-state index contributed by atoms with van der Waals surface area (Å²) in [6, 6.07) is 8.02. The maximum atomic E-state index is 13.1. The van der Waals surface area contributed by atoms with Gasteiger partial charge in [-0.15, -0.1) is 0 Å². The molecule has 1 unspecified atom stereocenters. The van der Waals surface area contributed by atoms with Gasteiger partial charge in [0.1, 0.15) is 0 Å². The van der Waals surface area contributed by atoms with Crippen molar-refractivity contribution in [2.75, 3.05) is 19.7 Å². The molecule has 1 aliphatic heterocycles. The molecule has 1 fully saturated rings. The van der Waals surface area contributed by atoms with Crippen molar-refractivity contribution in [1.82, 2.24) is 4.31 Å². The van der Waals surface area contributed by atoms with E-state index in [9.17, 15) is 9.32 Å². The minimum atomic E-state index is -2.40. The molecule has 0 spiro atoms. The molecule has 0 radical (unpaired) electrons. The minimum Gasteiger partial charge on any atom is -0.396 e. The molecule has 1 N–H and O–H groups in total. The van der Waals surface area contributed by atoms with Crippen LogP contribution in [-0.2, 0) is 15.1 Å². The van der Waals surface area contributed by atoms with Crippen LogP contribution in [-0.4, -0.2) is 39.2 Å². The Labute approximate surface area is 129 Å². The normalized spacial score (nSPS) is 21.1. The standard InChI is InChI=1S/C17H27NO2S/c1-17(2,3)15-5-7-16(8-6-15)21(4,20)18-11-9-14(13-19)10-12-18/h5-8,14,19H,4,9-13H2,1-3H3. The van der Waals surface area contributed by atoms with Crippen LogP contribution >= 0.6 is 0 Å². The number of nitrogens with zero attached hydrogens (tertiary/aromatic N) is 1. The fraction of sp³-hybridized carbons (Fsp3) is 0.588. The Kier molecular flexibility index (Phi) is 4.81. The number of aliphatic hydroxyl groups excluding tert-OH is 1. The molecule has 0 saturated carbocycles. The summed E-state index contributed by atoms with van der Waals surface area (Å²) < 4.78 is 15.0. The quantitative estimate of drug-likeness (QED) is 0.872. The van der Waals surface area contributed by atoms with Crippen molar-refractivity contribution in [3.05, 3.63) is 29.8 Å². The third-order valence-electron chi connectivity index (χ3n) is 4.34. The molecule has 1 heterocycles. The molecule has 1 aromatic rings. The zero-order valence-corrected chi connectivity index (χ0v) is 14.2. The second-order valence-corrected chi connectivity index (χ2v) is 9.24. The summed E-state index contributed by atoms with van der Waals surface area (Å²) in [5.74, 6) is 4.34. The van der Waals surface area contributed by atoms with Gasteiger partial charge in [0.05, 0.1) is 9.71 Å². The summed E-state index contributed by atoms with van der Waals surface area (Å²) in [4.78, 5) is 0.804. The lowest BCUT2D eigenvalue weighted by Gasteiger charge is -2.33. The third-order valence-corrected chi connectivity index (χ3v) is 6.55. The fourth-order valence-corrected chi connectivity index (χ4v) is 4.36. The molecule has 21 heavy (non-hydrogen) atoms. The Hall–Kier alpha value is -0.840. The number of benzene rings is 1. The van der Waals surface area contributed by atoms with Gasteiger partial charge in [-0.1, -0.05) is 32.9 Å². The van der Waals surface area contributed by atoms with Gasteiger partial charge in [-0.2, -0.15) is 0 Å². The Bertz CT molecular complexity index is 562. The van der Waals surface area contributed by atoms with Crippen molar-refractivity contribution >= 4 is 15.6 Å². The van der Waals surface area contributed by atoms with Gasteiger partial charge in [-0.25, -0.2) is 8.51 Å². The van der Waals surface area contributed by atoms with E-state index in [4.69, 9.17) is 0 Å². The van der Waals surface area contributed by atoms with Gasteiger partial charge < -0.3 is 5.11 Å². The molecule has 3 nitrogen and oxygen atoms in total. The van der Waals surface area contributed by atoms with E-state index in [0.717, 1.165) is 30.8 Å². The van der Waals surface area contributed by atoms with Crippen molar-refractivity contribution < 1.29 is 9.32 Å². The highest BCUT2D eigenvalue weighted by atomic mass is 32.2. The zero-order valence-electron chi connectivity index (χ0n) is 13.3. The molecular formula is C17H27NO2S. The first-order chi connectivity index (χ1) is 9.75. The summed E-state index contributed by atoms with van der Waals surface area (Å²) in [6.07, 6.45) is 1.78. The molecule has 1 saturated heterocycles. The van der Waals surface area contributed by atoms with Crippen LogP contribution in [0.4, 0.5) is 0 Å². The van der Waals surface area contributed by atoms with Gasteiger partial charge in [0.2, 0.25) is 0 Å². The SMILES string of the molecule is C=S(=O)(c1ccc(C(C)(C)C)cc1)N1CCC(CO)CC1. The highest BCUT2D eigenvalue weighted by Gasteiger charge is 2.25. The largest absolute Gasteiger partial charge is 0.396 e. The maximum Gasteiger partial charge on any atom is 0.0558 e. The first kappa shape index (κ1) is 16.5. The summed E-state index contributed by atoms with van der Waals surface area (Å²) in [5, 5.41) is 9.20. The molecular weight excluding hydrogens is 282 g/mol. The monoisotopic (exact) mass is 309 g/mol. The zero-order chi connectivity index (χ0) is 15.7. The van der Waals surface area contributed by atoms with Crippen LogP contribution in [0, 0.1) is 5.92 Å². The summed E-state index contributed by atoms with van der Waals surface area (Å²) in [6.45, 7) is 8.23. The maximum absolute atomic E-state index is 13.1. The Morgan fingerprint density at radius 3 is 2.19 bits per heavy atom. The van der Waals surface area contributed by atoms with E-state index in [1.807, 2.05) is 16.4 Å². The highest BCUT2D eigenvalue weighted by Crippen LogP contribution is 2.26. The summed E-state index contributed by atoms with van der Waals surface area (Å²) in [5.41, 5.74) is 1.33. The van der Waals surface area contributed by atoms with E-state index in [1.165, 1.54) is 5.56 Å². The van der Waals surface area contributed by atoms with E-state index in [0.29, 0.717) is 5.92 Å². The molecule has 1 aliphatic rings. The third kappa shape index (κ3) is 3.68. The van der Waals surface area contributed by atoms with E-state index in [2.05, 4.69) is 38.8 Å². The lowest BCUT2D eigenvalue weighted by Crippen LogP contribution is -2.39. The summed E-state index contributed by atoms with van der Waals surface area (Å²) in [7, 11) is -2.40. The van der Waals surface area contributed by atoms with Gasteiger partial charge >= 0.3 is 0 Å². The van der Waals surface area contributed by atoms with E-state index >= 15 is 0 Å². The van der Waals surface area contributed by atoms with Crippen LogP contribution in [0.5, 0.6) is 0 Å².